The molecule has 0 aliphatic carbocycles. The molecule has 2 N–H and O–H groups in total. The van der Waals surface area contributed by atoms with Crippen LogP contribution in [0.5, 0.6) is 5.75 Å². The number of ether oxygens (including phenoxy) is 2. The van der Waals surface area contributed by atoms with Gasteiger partial charge in [0.2, 0.25) is 0 Å². The first-order valence-electron chi connectivity index (χ1n) is 6.79. The Kier molecular flexibility index (Phi) is 5.27. The van der Waals surface area contributed by atoms with E-state index in [0.29, 0.717) is 17.7 Å². The number of nitrogens with two attached hydrogens (primary N) is 1. The van der Waals surface area contributed by atoms with Crippen molar-refractivity contribution in [3.8, 4) is 5.75 Å². The number of carbonyl (C=O) groups excluding carboxylic acids is 2. The van der Waals surface area contributed by atoms with E-state index < -0.39 is 18.0 Å². The van der Waals surface area contributed by atoms with Gasteiger partial charge in [0.25, 0.3) is 0 Å². The van der Waals surface area contributed by atoms with Crippen LogP contribution >= 0.6 is 0 Å². The Bertz CT molecular complexity index is 637. The molecule has 0 spiro atoms. The highest BCUT2D eigenvalue weighted by Crippen LogP contribution is 2.15. The summed E-state index contributed by atoms with van der Waals surface area (Å²) in [5.74, 6) is -0.441. The summed E-state index contributed by atoms with van der Waals surface area (Å²) in [4.78, 5) is 23.2. The van der Waals surface area contributed by atoms with Gasteiger partial charge in [0.1, 0.15) is 11.8 Å². The summed E-state index contributed by atoms with van der Waals surface area (Å²) in [6, 6.07) is 14.9. The molecular weight excluding hydrogens is 282 g/mol. The molecule has 0 amide bonds. The fourth-order valence-corrected chi connectivity index (χ4v) is 1.92. The molecule has 5 heteroatoms. The second-order valence-corrected chi connectivity index (χ2v) is 4.73. The van der Waals surface area contributed by atoms with E-state index in [9.17, 15) is 9.59 Å². The summed E-state index contributed by atoms with van der Waals surface area (Å²) >= 11 is 0. The topological polar surface area (TPSA) is 78.6 Å². The normalized spacial score (nSPS) is 11.5. The van der Waals surface area contributed by atoms with Crippen LogP contribution in [0.3, 0.4) is 0 Å². The third-order valence-electron chi connectivity index (χ3n) is 3.10. The zero-order valence-corrected chi connectivity index (χ0v) is 12.2. The van der Waals surface area contributed by atoms with Crippen LogP contribution in [0.1, 0.15) is 15.9 Å². The van der Waals surface area contributed by atoms with Gasteiger partial charge < -0.3 is 15.2 Å². The molecule has 0 radical (unpaired) electrons. The molecule has 0 aliphatic rings. The summed E-state index contributed by atoms with van der Waals surface area (Å²) in [6.07, 6.45) is 0.361. The van der Waals surface area contributed by atoms with Gasteiger partial charge in [0.05, 0.1) is 12.7 Å². The summed E-state index contributed by atoms with van der Waals surface area (Å²) in [6.45, 7) is 0. The highest BCUT2D eigenvalue weighted by Gasteiger charge is 2.14. The van der Waals surface area contributed by atoms with Crippen LogP contribution in [0, 0.1) is 0 Å². The van der Waals surface area contributed by atoms with Gasteiger partial charge in [0, 0.05) is 0 Å². The number of esters is 2. The van der Waals surface area contributed by atoms with Crippen molar-refractivity contribution in [2.45, 2.75) is 12.5 Å². The van der Waals surface area contributed by atoms with Crippen molar-refractivity contribution < 1.29 is 19.1 Å². The molecule has 22 heavy (non-hydrogen) atoms. The molecule has 1 atom stereocenters. The smallest absolute Gasteiger partial charge is 0.343 e. The molecule has 0 aliphatic heterocycles. The maximum absolute atomic E-state index is 11.9. The lowest BCUT2D eigenvalue weighted by atomic mass is 10.1. The number of benzene rings is 2. The van der Waals surface area contributed by atoms with Gasteiger partial charge in [-0.05, 0) is 36.2 Å². The van der Waals surface area contributed by atoms with Crippen LogP contribution in [-0.2, 0) is 16.0 Å². The molecule has 5 nitrogen and oxygen atoms in total. The molecule has 114 valence electrons. The number of hydrogen-bond acceptors (Lipinski definition) is 5. The van der Waals surface area contributed by atoms with Crippen molar-refractivity contribution in [3.05, 3.63) is 65.7 Å². The Balaban J connectivity index is 1.97. The highest BCUT2D eigenvalue weighted by atomic mass is 16.5. The van der Waals surface area contributed by atoms with E-state index in [1.807, 2.05) is 6.07 Å². The minimum absolute atomic E-state index is 0.361. The Morgan fingerprint density at radius 2 is 1.68 bits per heavy atom. The second kappa shape index (κ2) is 7.38. The van der Waals surface area contributed by atoms with Gasteiger partial charge in [-0.25, -0.2) is 4.79 Å². The molecule has 0 saturated heterocycles. The van der Waals surface area contributed by atoms with E-state index in [2.05, 4.69) is 4.74 Å². The number of methoxy groups -OCH3 is 1. The highest BCUT2D eigenvalue weighted by molar-refractivity contribution is 5.90. The van der Waals surface area contributed by atoms with Gasteiger partial charge >= 0.3 is 11.9 Å². The van der Waals surface area contributed by atoms with E-state index in [4.69, 9.17) is 10.5 Å². The summed E-state index contributed by atoms with van der Waals surface area (Å²) in [5.41, 5.74) is 7.04. The first kappa shape index (κ1) is 15.7. The van der Waals surface area contributed by atoms with Crippen molar-refractivity contribution in [2.24, 2.45) is 5.73 Å². The quantitative estimate of drug-likeness (QED) is 0.674. The van der Waals surface area contributed by atoms with Crippen molar-refractivity contribution in [3.63, 3.8) is 0 Å². The Hall–Kier alpha value is -2.66. The zero-order chi connectivity index (χ0) is 15.9. The molecule has 2 aromatic carbocycles. The molecule has 0 aromatic heterocycles. The van der Waals surface area contributed by atoms with Crippen LogP contribution in [0.4, 0.5) is 0 Å². The second-order valence-electron chi connectivity index (χ2n) is 4.73. The average molecular weight is 299 g/mol. The fraction of sp³-hybridized carbons (Fsp3) is 0.176. The van der Waals surface area contributed by atoms with Crippen LogP contribution in [0.25, 0.3) is 0 Å². The standard InChI is InChI=1S/C17H17NO4/c1-21-17(20)15(18)11-12-7-9-14(10-8-12)22-16(19)13-5-3-2-4-6-13/h2-10,15H,11,18H2,1H3/t15-/m1/s1. The summed E-state index contributed by atoms with van der Waals surface area (Å²) in [7, 11) is 1.30. The molecule has 0 heterocycles. The third kappa shape index (κ3) is 4.17. The van der Waals surface area contributed by atoms with E-state index in [-0.39, 0.29) is 0 Å². The van der Waals surface area contributed by atoms with Gasteiger partial charge in [0.15, 0.2) is 0 Å². The Morgan fingerprint density at radius 3 is 2.27 bits per heavy atom. The maximum atomic E-state index is 11.9. The van der Waals surface area contributed by atoms with Crippen LogP contribution in [-0.4, -0.2) is 25.1 Å². The number of rotatable bonds is 5. The maximum Gasteiger partial charge on any atom is 0.343 e. The van der Waals surface area contributed by atoms with Gasteiger partial charge in [-0.15, -0.1) is 0 Å². The molecule has 0 bridgehead atoms. The minimum Gasteiger partial charge on any atom is -0.468 e. The molecule has 0 fully saturated rings. The molecule has 2 rings (SSSR count). The first-order valence-corrected chi connectivity index (χ1v) is 6.79. The van der Waals surface area contributed by atoms with Crippen molar-refractivity contribution in [2.75, 3.05) is 7.11 Å². The molecule has 2 aromatic rings. The zero-order valence-electron chi connectivity index (χ0n) is 12.2. The lowest BCUT2D eigenvalue weighted by Crippen LogP contribution is -2.33. The lowest BCUT2D eigenvalue weighted by Gasteiger charge is -2.10. The van der Waals surface area contributed by atoms with Crippen LogP contribution < -0.4 is 10.5 Å². The van der Waals surface area contributed by atoms with E-state index in [1.165, 1.54) is 7.11 Å². The van der Waals surface area contributed by atoms with Crippen LogP contribution in [0.2, 0.25) is 0 Å². The fourth-order valence-electron chi connectivity index (χ4n) is 1.92. The Labute approximate surface area is 128 Å². The predicted octanol–water partition coefficient (Wildman–Crippen LogP) is 1.95. The largest absolute Gasteiger partial charge is 0.468 e. The minimum atomic E-state index is -0.706. The Morgan fingerprint density at radius 1 is 1.05 bits per heavy atom. The monoisotopic (exact) mass is 299 g/mol. The van der Waals surface area contributed by atoms with E-state index in [1.54, 1.807) is 48.5 Å². The number of hydrogen-bond donors (Lipinski definition) is 1. The van der Waals surface area contributed by atoms with Crippen molar-refractivity contribution in [1.29, 1.82) is 0 Å². The SMILES string of the molecule is COC(=O)[C@H](N)Cc1ccc(OC(=O)c2ccccc2)cc1. The molecule has 0 unspecified atom stereocenters. The first-order chi connectivity index (χ1) is 10.6. The molecule has 0 saturated carbocycles. The van der Waals surface area contributed by atoms with Crippen LogP contribution in [0.15, 0.2) is 54.6 Å². The summed E-state index contributed by atoms with van der Waals surface area (Å²) < 4.78 is 9.84. The van der Waals surface area contributed by atoms with E-state index in [0.717, 1.165) is 5.56 Å². The number of carbonyl (C=O) groups is 2. The van der Waals surface area contributed by atoms with Crippen molar-refractivity contribution >= 4 is 11.9 Å². The predicted molar refractivity (Wildman–Crippen MR) is 81.5 cm³/mol. The van der Waals surface area contributed by atoms with Crippen molar-refractivity contribution in [1.82, 2.24) is 0 Å². The third-order valence-corrected chi connectivity index (χ3v) is 3.10. The lowest BCUT2D eigenvalue weighted by molar-refractivity contribution is -0.142. The van der Waals surface area contributed by atoms with E-state index >= 15 is 0 Å². The van der Waals surface area contributed by atoms with Gasteiger partial charge in [-0.2, -0.15) is 0 Å². The van der Waals surface area contributed by atoms with Gasteiger partial charge in [-0.1, -0.05) is 30.3 Å². The summed E-state index contributed by atoms with van der Waals surface area (Å²) in [5, 5.41) is 0. The van der Waals surface area contributed by atoms with Gasteiger partial charge in [-0.3, -0.25) is 4.79 Å². The molecular formula is C17H17NO4. The average Bonchev–Trinajstić information content (AvgIpc) is 2.56.